The van der Waals surface area contributed by atoms with E-state index >= 15 is 0 Å². The molecule has 1 aromatic heterocycles. The monoisotopic (exact) mass is 352 g/mol. The lowest BCUT2D eigenvalue weighted by Gasteiger charge is -2.32. The summed E-state index contributed by atoms with van der Waals surface area (Å²) >= 11 is 3.39. The summed E-state index contributed by atoms with van der Waals surface area (Å²) in [5.74, 6) is 0.425. The van der Waals surface area contributed by atoms with E-state index in [9.17, 15) is 4.39 Å². The van der Waals surface area contributed by atoms with Crippen molar-refractivity contribution in [3.8, 4) is 0 Å². The van der Waals surface area contributed by atoms with Gasteiger partial charge in [-0.2, -0.15) is 5.10 Å². The summed E-state index contributed by atoms with van der Waals surface area (Å²) in [5.41, 5.74) is 6.40. The summed E-state index contributed by atoms with van der Waals surface area (Å²) in [5, 5.41) is 4.28. The van der Waals surface area contributed by atoms with Crippen LogP contribution in [0, 0.1) is 5.82 Å². The molecule has 1 aliphatic heterocycles. The minimum absolute atomic E-state index is 0.139. The van der Waals surface area contributed by atoms with Crippen LogP contribution in [-0.2, 0) is 6.54 Å². The van der Waals surface area contributed by atoms with Gasteiger partial charge in [-0.15, -0.1) is 0 Å². The SMILES string of the molecule is Nc1ccn(C2CCN(Cc3cc(Br)ccc3F)CC2)n1. The van der Waals surface area contributed by atoms with Gasteiger partial charge in [-0.1, -0.05) is 15.9 Å². The summed E-state index contributed by atoms with van der Waals surface area (Å²) < 4.78 is 16.7. The molecule has 2 heterocycles. The normalized spacial score (nSPS) is 17.2. The number of piperidine rings is 1. The second-order valence-electron chi connectivity index (χ2n) is 5.46. The fourth-order valence-corrected chi connectivity index (χ4v) is 3.21. The van der Waals surface area contributed by atoms with Gasteiger partial charge in [0.1, 0.15) is 11.6 Å². The first kappa shape index (κ1) is 14.5. The Labute approximate surface area is 131 Å². The number of rotatable bonds is 3. The van der Waals surface area contributed by atoms with Crippen molar-refractivity contribution < 1.29 is 4.39 Å². The van der Waals surface area contributed by atoms with Gasteiger partial charge in [0, 0.05) is 35.9 Å². The predicted octanol–water partition coefficient (Wildman–Crippen LogP) is 3.20. The number of benzene rings is 1. The van der Waals surface area contributed by atoms with E-state index in [1.807, 2.05) is 23.0 Å². The van der Waals surface area contributed by atoms with Crippen LogP contribution >= 0.6 is 15.9 Å². The number of anilines is 1. The van der Waals surface area contributed by atoms with E-state index in [0.717, 1.165) is 36.0 Å². The maximum Gasteiger partial charge on any atom is 0.145 e. The lowest BCUT2D eigenvalue weighted by atomic mass is 10.0. The number of halogens is 2. The molecular weight excluding hydrogens is 335 g/mol. The van der Waals surface area contributed by atoms with Crippen molar-refractivity contribution in [2.45, 2.75) is 25.4 Å². The molecule has 1 saturated heterocycles. The molecular formula is C15H18BrFN4. The summed E-state index contributed by atoms with van der Waals surface area (Å²) in [6.45, 7) is 2.53. The number of nitrogens with two attached hydrogens (primary N) is 1. The van der Waals surface area contributed by atoms with Gasteiger partial charge in [0.2, 0.25) is 0 Å². The zero-order chi connectivity index (χ0) is 14.8. The van der Waals surface area contributed by atoms with Crippen LogP contribution in [0.25, 0.3) is 0 Å². The van der Waals surface area contributed by atoms with E-state index in [0.29, 0.717) is 18.4 Å². The highest BCUT2D eigenvalue weighted by molar-refractivity contribution is 9.10. The first-order valence-corrected chi connectivity index (χ1v) is 7.88. The molecule has 0 amide bonds. The number of aromatic nitrogens is 2. The molecule has 6 heteroatoms. The Morgan fingerprint density at radius 1 is 1.29 bits per heavy atom. The topological polar surface area (TPSA) is 47.1 Å². The predicted molar refractivity (Wildman–Crippen MR) is 84.3 cm³/mol. The highest BCUT2D eigenvalue weighted by Crippen LogP contribution is 2.24. The second-order valence-corrected chi connectivity index (χ2v) is 6.38. The molecule has 0 bridgehead atoms. The molecule has 0 atom stereocenters. The summed E-state index contributed by atoms with van der Waals surface area (Å²) in [7, 11) is 0. The van der Waals surface area contributed by atoms with Crippen LogP contribution in [0.3, 0.4) is 0 Å². The third-order valence-corrected chi connectivity index (χ3v) is 4.46. The average molecular weight is 353 g/mol. The Bertz CT molecular complexity index is 620. The molecule has 0 unspecified atom stereocenters. The first-order valence-electron chi connectivity index (χ1n) is 7.09. The van der Waals surface area contributed by atoms with E-state index in [-0.39, 0.29) is 5.82 Å². The fraction of sp³-hybridized carbons (Fsp3) is 0.400. The van der Waals surface area contributed by atoms with Gasteiger partial charge in [0.15, 0.2) is 0 Å². The van der Waals surface area contributed by atoms with Crippen LogP contribution in [0.1, 0.15) is 24.4 Å². The summed E-state index contributed by atoms with van der Waals surface area (Å²) in [6, 6.07) is 7.32. The van der Waals surface area contributed by atoms with E-state index in [4.69, 9.17) is 5.73 Å². The van der Waals surface area contributed by atoms with Crippen molar-refractivity contribution in [2.24, 2.45) is 0 Å². The fourth-order valence-electron chi connectivity index (χ4n) is 2.80. The summed E-state index contributed by atoms with van der Waals surface area (Å²) in [6.07, 6.45) is 3.96. The van der Waals surface area contributed by atoms with Crippen LogP contribution in [-0.4, -0.2) is 27.8 Å². The lowest BCUT2D eigenvalue weighted by molar-refractivity contribution is 0.172. The van der Waals surface area contributed by atoms with Crippen molar-refractivity contribution in [1.29, 1.82) is 0 Å². The Hall–Kier alpha value is -1.40. The molecule has 1 fully saturated rings. The standard InChI is InChI=1S/C15H18BrFN4/c16-12-1-2-14(17)11(9-12)10-20-6-3-13(4-7-20)21-8-5-15(18)19-21/h1-2,5,8-9,13H,3-4,6-7,10H2,(H2,18,19). The molecule has 112 valence electrons. The number of hydrogen-bond acceptors (Lipinski definition) is 3. The van der Waals surface area contributed by atoms with E-state index in [1.165, 1.54) is 6.07 Å². The lowest BCUT2D eigenvalue weighted by Crippen LogP contribution is -2.34. The Balaban J connectivity index is 1.60. The largest absolute Gasteiger partial charge is 0.382 e. The number of nitrogen functional groups attached to an aromatic ring is 1. The molecule has 0 saturated carbocycles. The quantitative estimate of drug-likeness (QED) is 0.922. The molecule has 0 aliphatic carbocycles. The van der Waals surface area contributed by atoms with Gasteiger partial charge in [0.25, 0.3) is 0 Å². The molecule has 1 aliphatic rings. The maximum absolute atomic E-state index is 13.8. The first-order chi connectivity index (χ1) is 10.1. The average Bonchev–Trinajstić information content (AvgIpc) is 2.90. The minimum Gasteiger partial charge on any atom is -0.382 e. The molecule has 4 nitrogen and oxygen atoms in total. The molecule has 2 N–H and O–H groups in total. The third-order valence-electron chi connectivity index (χ3n) is 3.96. The molecule has 3 rings (SSSR count). The van der Waals surface area contributed by atoms with Crippen LogP contribution in [0.5, 0.6) is 0 Å². The van der Waals surface area contributed by atoms with Gasteiger partial charge in [-0.3, -0.25) is 9.58 Å². The van der Waals surface area contributed by atoms with Crippen molar-refractivity contribution in [2.75, 3.05) is 18.8 Å². The molecule has 21 heavy (non-hydrogen) atoms. The Morgan fingerprint density at radius 2 is 2.05 bits per heavy atom. The van der Waals surface area contributed by atoms with Crippen LogP contribution in [0.15, 0.2) is 34.9 Å². The van der Waals surface area contributed by atoms with Crippen LogP contribution in [0.4, 0.5) is 10.2 Å². The van der Waals surface area contributed by atoms with Crippen molar-refractivity contribution >= 4 is 21.7 Å². The molecule has 2 aromatic rings. The van der Waals surface area contributed by atoms with Crippen molar-refractivity contribution in [1.82, 2.24) is 14.7 Å². The second kappa shape index (κ2) is 6.15. The zero-order valence-electron chi connectivity index (χ0n) is 11.7. The van der Waals surface area contributed by atoms with Crippen molar-refractivity contribution in [3.05, 3.63) is 46.3 Å². The molecule has 0 spiro atoms. The number of likely N-dealkylation sites (tertiary alicyclic amines) is 1. The zero-order valence-corrected chi connectivity index (χ0v) is 13.3. The smallest absolute Gasteiger partial charge is 0.145 e. The number of nitrogens with zero attached hydrogens (tertiary/aromatic N) is 3. The maximum atomic E-state index is 13.8. The summed E-state index contributed by atoms with van der Waals surface area (Å²) in [4.78, 5) is 2.29. The minimum atomic E-state index is -0.139. The third kappa shape index (κ3) is 3.44. The van der Waals surface area contributed by atoms with Crippen LogP contribution < -0.4 is 5.73 Å². The van der Waals surface area contributed by atoms with E-state index < -0.39 is 0 Å². The van der Waals surface area contributed by atoms with Gasteiger partial charge < -0.3 is 5.73 Å². The Morgan fingerprint density at radius 3 is 2.71 bits per heavy atom. The van der Waals surface area contributed by atoms with Gasteiger partial charge in [0.05, 0.1) is 6.04 Å². The number of hydrogen-bond donors (Lipinski definition) is 1. The van der Waals surface area contributed by atoms with Gasteiger partial charge in [-0.05, 0) is 37.1 Å². The van der Waals surface area contributed by atoms with Gasteiger partial charge >= 0.3 is 0 Å². The Kier molecular flexibility index (Phi) is 4.26. The molecule has 0 radical (unpaired) electrons. The van der Waals surface area contributed by atoms with Gasteiger partial charge in [-0.25, -0.2) is 4.39 Å². The van der Waals surface area contributed by atoms with Crippen molar-refractivity contribution in [3.63, 3.8) is 0 Å². The highest BCUT2D eigenvalue weighted by atomic mass is 79.9. The molecule has 1 aromatic carbocycles. The van der Waals surface area contributed by atoms with E-state index in [2.05, 4.69) is 25.9 Å². The van der Waals surface area contributed by atoms with E-state index in [1.54, 1.807) is 6.07 Å². The highest BCUT2D eigenvalue weighted by Gasteiger charge is 2.21. The van der Waals surface area contributed by atoms with Crippen LogP contribution in [0.2, 0.25) is 0 Å².